The minimum atomic E-state index is -0.161. The Balaban J connectivity index is 1.69. The monoisotopic (exact) mass is 329 g/mol. The Morgan fingerprint density at radius 1 is 1.29 bits per heavy atom. The van der Waals surface area contributed by atoms with Gasteiger partial charge in [-0.1, -0.05) is 23.2 Å². The second-order valence-electron chi connectivity index (χ2n) is 5.55. The molecule has 1 aromatic carbocycles. The fraction of sp³-hybridized carbons (Fsp3) is 0.500. The van der Waals surface area contributed by atoms with Crippen LogP contribution in [0.5, 0.6) is 5.75 Å². The molecule has 0 aromatic heterocycles. The molecule has 2 heterocycles. The number of hydrogen-bond donors (Lipinski definition) is 4. The predicted octanol–water partition coefficient (Wildman–Crippen LogP) is 1.44. The molecule has 2 fully saturated rings. The fourth-order valence-corrected chi connectivity index (χ4v) is 3.21. The van der Waals surface area contributed by atoms with Gasteiger partial charge < -0.3 is 21.1 Å². The van der Waals surface area contributed by atoms with Crippen LogP contribution in [0, 0.1) is 5.92 Å². The van der Waals surface area contributed by atoms with E-state index in [0.717, 1.165) is 13.1 Å². The zero-order valence-electron chi connectivity index (χ0n) is 11.3. The summed E-state index contributed by atoms with van der Waals surface area (Å²) in [5, 5.41) is 20.1. The Labute approximate surface area is 133 Å². The Bertz CT molecular complexity index is 563. The molecular weight excluding hydrogens is 313 g/mol. The third kappa shape index (κ3) is 2.97. The van der Waals surface area contributed by atoms with Crippen LogP contribution in [0.4, 0.5) is 0 Å². The number of hydrogen-bond acceptors (Lipinski definition) is 4. The Kier molecular flexibility index (Phi) is 4.26. The van der Waals surface area contributed by atoms with E-state index in [1.807, 2.05) is 0 Å². The third-order valence-electron chi connectivity index (χ3n) is 4.09. The van der Waals surface area contributed by atoms with Crippen molar-refractivity contribution in [3.63, 3.8) is 0 Å². The standard InChI is InChI=1S/C14H17Cl2N3O2/c15-9-1-2-11(20)12(13(9)16)10-3-7(4-18-10)14(21)19-8-5-17-6-8/h1-2,7-8,10,17-18,20H,3-6H2,(H,19,21)/t7?,10-/m1/s1. The summed E-state index contributed by atoms with van der Waals surface area (Å²) in [6.07, 6.45) is 0.597. The maximum Gasteiger partial charge on any atom is 0.224 e. The normalized spacial score (nSPS) is 25.6. The molecule has 1 aromatic rings. The molecule has 0 aliphatic carbocycles. The van der Waals surface area contributed by atoms with Crippen LogP contribution in [0.3, 0.4) is 0 Å². The van der Waals surface area contributed by atoms with E-state index in [0.29, 0.717) is 28.6 Å². The summed E-state index contributed by atoms with van der Waals surface area (Å²) in [6, 6.07) is 3.16. The first-order valence-corrected chi connectivity index (χ1v) is 7.73. The topological polar surface area (TPSA) is 73.4 Å². The molecule has 0 radical (unpaired) electrons. The van der Waals surface area contributed by atoms with E-state index in [9.17, 15) is 9.90 Å². The summed E-state index contributed by atoms with van der Waals surface area (Å²) in [6.45, 7) is 2.23. The number of amides is 1. The summed E-state index contributed by atoms with van der Waals surface area (Å²) in [5.41, 5.74) is 0.574. The van der Waals surface area contributed by atoms with Gasteiger partial charge in [0.05, 0.1) is 22.0 Å². The summed E-state index contributed by atoms with van der Waals surface area (Å²) >= 11 is 12.2. The van der Waals surface area contributed by atoms with Crippen LogP contribution >= 0.6 is 23.2 Å². The number of phenolic OH excluding ortho intramolecular Hbond substituents is 1. The van der Waals surface area contributed by atoms with Gasteiger partial charge in [-0.25, -0.2) is 0 Å². The highest BCUT2D eigenvalue weighted by Crippen LogP contribution is 2.40. The van der Waals surface area contributed by atoms with Crippen molar-refractivity contribution >= 4 is 29.1 Å². The lowest BCUT2D eigenvalue weighted by atomic mass is 9.98. The SMILES string of the molecule is O=C(NC1CNC1)C1CN[C@@H](c2c(O)ccc(Cl)c2Cl)C1. The van der Waals surface area contributed by atoms with Gasteiger partial charge >= 0.3 is 0 Å². The van der Waals surface area contributed by atoms with Crippen molar-refractivity contribution in [2.45, 2.75) is 18.5 Å². The van der Waals surface area contributed by atoms with Crippen LogP contribution in [0.2, 0.25) is 10.0 Å². The number of rotatable bonds is 3. The molecular formula is C14H17Cl2N3O2. The largest absolute Gasteiger partial charge is 0.508 e. The summed E-state index contributed by atoms with van der Waals surface area (Å²) < 4.78 is 0. The van der Waals surface area contributed by atoms with E-state index in [1.54, 1.807) is 6.07 Å². The van der Waals surface area contributed by atoms with E-state index >= 15 is 0 Å². The number of nitrogens with one attached hydrogen (secondary N) is 3. The molecule has 5 nitrogen and oxygen atoms in total. The van der Waals surface area contributed by atoms with Gasteiger partial charge in [0.15, 0.2) is 0 Å². The van der Waals surface area contributed by atoms with Gasteiger partial charge in [-0.2, -0.15) is 0 Å². The van der Waals surface area contributed by atoms with Gasteiger partial charge in [-0.15, -0.1) is 0 Å². The molecule has 2 saturated heterocycles. The first kappa shape index (κ1) is 14.9. The first-order chi connectivity index (χ1) is 10.1. The van der Waals surface area contributed by atoms with Crippen molar-refractivity contribution in [1.82, 2.24) is 16.0 Å². The third-order valence-corrected chi connectivity index (χ3v) is 4.91. The maximum absolute atomic E-state index is 12.2. The molecule has 114 valence electrons. The second kappa shape index (κ2) is 6.01. The van der Waals surface area contributed by atoms with Crippen molar-refractivity contribution in [1.29, 1.82) is 0 Å². The molecule has 2 atom stereocenters. The van der Waals surface area contributed by atoms with E-state index in [-0.39, 0.29) is 29.7 Å². The highest BCUT2D eigenvalue weighted by atomic mass is 35.5. The molecule has 7 heteroatoms. The van der Waals surface area contributed by atoms with Crippen LogP contribution in [0.25, 0.3) is 0 Å². The van der Waals surface area contributed by atoms with Gasteiger partial charge in [0, 0.05) is 31.2 Å². The van der Waals surface area contributed by atoms with Crippen LogP contribution in [0.15, 0.2) is 12.1 Å². The lowest BCUT2D eigenvalue weighted by molar-refractivity contribution is -0.125. The van der Waals surface area contributed by atoms with E-state index in [1.165, 1.54) is 6.07 Å². The predicted molar refractivity (Wildman–Crippen MR) is 81.8 cm³/mol. The van der Waals surface area contributed by atoms with Gasteiger partial charge in [0.1, 0.15) is 5.75 Å². The minimum absolute atomic E-state index is 0.0501. The van der Waals surface area contributed by atoms with Crippen molar-refractivity contribution in [2.75, 3.05) is 19.6 Å². The van der Waals surface area contributed by atoms with E-state index in [4.69, 9.17) is 23.2 Å². The number of halogens is 2. The molecule has 0 bridgehead atoms. The zero-order chi connectivity index (χ0) is 15.0. The lowest BCUT2D eigenvalue weighted by Crippen LogP contribution is -2.58. The van der Waals surface area contributed by atoms with Crippen molar-refractivity contribution in [3.05, 3.63) is 27.7 Å². The van der Waals surface area contributed by atoms with Crippen molar-refractivity contribution < 1.29 is 9.90 Å². The lowest BCUT2D eigenvalue weighted by Gasteiger charge is -2.29. The number of aromatic hydroxyl groups is 1. The Morgan fingerprint density at radius 3 is 2.71 bits per heavy atom. The molecule has 2 aliphatic heterocycles. The first-order valence-electron chi connectivity index (χ1n) is 6.97. The van der Waals surface area contributed by atoms with Gasteiger partial charge in [-0.3, -0.25) is 4.79 Å². The molecule has 21 heavy (non-hydrogen) atoms. The van der Waals surface area contributed by atoms with Crippen LogP contribution in [-0.4, -0.2) is 36.7 Å². The Morgan fingerprint density at radius 2 is 2.05 bits per heavy atom. The van der Waals surface area contributed by atoms with Gasteiger partial charge in [-0.05, 0) is 18.6 Å². The van der Waals surface area contributed by atoms with Crippen LogP contribution in [-0.2, 0) is 4.79 Å². The maximum atomic E-state index is 12.2. The Hall–Kier alpha value is -1.01. The summed E-state index contributed by atoms with van der Waals surface area (Å²) in [5.74, 6) is 0.0327. The van der Waals surface area contributed by atoms with Gasteiger partial charge in [0.25, 0.3) is 0 Å². The smallest absolute Gasteiger partial charge is 0.224 e. The van der Waals surface area contributed by atoms with E-state index in [2.05, 4.69) is 16.0 Å². The molecule has 3 rings (SSSR count). The van der Waals surface area contributed by atoms with Crippen molar-refractivity contribution in [3.8, 4) is 5.75 Å². The average Bonchev–Trinajstić information content (AvgIpc) is 2.88. The number of phenols is 1. The number of carbonyl (C=O) groups excluding carboxylic acids is 1. The number of benzene rings is 1. The molecule has 0 saturated carbocycles. The second-order valence-corrected chi connectivity index (χ2v) is 6.34. The zero-order valence-corrected chi connectivity index (χ0v) is 12.8. The highest BCUT2D eigenvalue weighted by molar-refractivity contribution is 6.42. The fourth-order valence-electron chi connectivity index (χ4n) is 2.75. The van der Waals surface area contributed by atoms with Crippen LogP contribution < -0.4 is 16.0 Å². The van der Waals surface area contributed by atoms with Crippen LogP contribution in [0.1, 0.15) is 18.0 Å². The highest BCUT2D eigenvalue weighted by Gasteiger charge is 2.34. The quantitative estimate of drug-likeness (QED) is 0.677. The minimum Gasteiger partial charge on any atom is -0.508 e. The summed E-state index contributed by atoms with van der Waals surface area (Å²) in [7, 11) is 0. The number of carbonyl (C=O) groups is 1. The molecule has 2 aliphatic rings. The molecule has 1 amide bonds. The molecule has 0 spiro atoms. The van der Waals surface area contributed by atoms with Gasteiger partial charge in [0.2, 0.25) is 5.91 Å². The molecule has 1 unspecified atom stereocenters. The van der Waals surface area contributed by atoms with E-state index < -0.39 is 0 Å². The molecule has 4 N–H and O–H groups in total. The average molecular weight is 330 g/mol. The summed E-state index contributed by atoms with van der Waals surface area (Å²) in [4.78, 5) is 12.2. The van der Waals surface area contributed by atoms with Crippen molar-refractivity contribution in [2.24, 2.45) is 5.92 Å².